The molecule has 0 aliphatic carbocycles. The van der Waals surface area contributed by atoms with Crippen LogP contribution in [0.5, 0.6) is 0 Å². The molecule has 0 bridgehead atoms. The molecule has 0 radical (unpaired) electrons. The summed E-state index contributed by atoms with van der Waals surface area (Å²) in [5.41, 5.74) is 0. The Bertz CT molecular complexity index is 560. The quantitative estimate of drug-likeness (QED) is 0.0545. The third kappa shape index (κ3) is 29.4. The number of aliphatic hydroxyl groups is 1. The molecule has 0 aromatic heterocycles. The summed E-state index contributed by atoms with van der Waals surface area (Å²) in [4.78, 5) is 24.0. The Morgan fingerprint density at radius 3 is 1.38 bits per heavy atom. The van der Waals surface area contributed by atoms with Crippen molar-refractivity contribution >= 4 is 11.9 Å². The van der Waals surface area contributed by atoms with E-state index < -0.39 is 6.10 Å². The minimum Gasteiger partial charge on any atom is -0.462 e. The van der Waals surface area contributed by atoms with Crippen molar-refractivity contribution in [3.63, 3.8) is 0 Å². The maximum Gasteiger partial charge on any atom is 0.306 e. The summed E-state index contributed by atoms with van der Waals surface area (Å²) in [6.45, 7) is 4.09. The molecular weight excluding hydrogens is 488 g/mol. The number of allylic oxidation sites excluding steroid dienone is 2. The van der Waals surface area contributed by atoms with Crippen molar-refractivity contribution in [1.29, 1.82) is 0 Å². The van der Waals surface area contributed by atoms with Gasteiger partial charge in [0.05, 0.1) is 6.61 Å². The Morgan fingerprint density at radius 1 is 0.564 bits per heavy atom. The summed E-state index contributed by atoms with van der Waals surface area (Å²) in [6, 6.07) is 0. The number of esters is 2. The SMILES string of the molecule is CCCCCCCC/C=C/CCCCCCCCCC(=O)O[C@@H](CO)COC(=O)CCCCCCCCCC. The number of ether oxygens (including phenoxy) is 2. The molecule has 0 heterocycles. The lowest BCUT2D eigenvalue weighted by Gasteiger charge is -2.15. The van der Waals surface area contributed by atoms with Crippen molar-refractivity contribution in [2.45, 2.75) is 180 Å². The van der Waals surface area contributed by atoms with E-state index in [1.807, 2.05) is 0 Å². The Kier molecular flexibility index (Phi) is 30.1. The minimum atomic E-state index is -0.764. The lowest BCUT2D eigenvalue weighted by atomic mass is 10.1. The number of carbonyl (C=O) groups is 2. The summed E-state index contributed by atoms with van der Waals surface area (Å²) in [5.74, 6) is -0.597. The van der Waals surface area contributed by atoms with E-state index in [1.54, 1.807) is 0 Å². The number of rotatable bonds is 30. The predicted octanol–water partition coefficient (Wildman–Crippen LogP) is 9.78. The predicted molar refractivity (Wildman–Crippen MR) is 164 cm³/mol. The van der Waals surface area contributed by atoms with Crippen LogP contribution < -0.4 is 0 Å². The lowest BCUT2D eigenvalue weighted by Crippen LogP contribution is -2.28. The summed E-state index contributed by atoms with van der Waals surface area (Å²) >= 11 is 0. The van der Waals surface area contributed by atoms with Gasteiger partial charge < -0.3 is 14.6 Å². The van der Waals surface area contributed by atoms with Crippen molar-refractivity contribution in [1.82, 2.24) is 0 Å². The first-order valence-electron chi connectivity index (χ1n) is 16.7. The van der Waals surface area contributed by atoms with Gasteiger partial charge in [-0.2, -0.15) is 0 Å². The standard InChI is InChI=1S/C34H64O5/c1-3-5-7-9-11-13-14-15-16-17-18-19-20-21-23-25-27-29-34(37)39-32(30-35)31-38-33(36)28-26-24-22-12-10-8-6-4-2/h15-16,32,35H,3-14,17-31H2,1-2H3/b16-15+/t32-/m0/s1. The van der Waals surface area contributed by atoms with E-state index in [4.69, 9.17) is 9.47 Å². The first-order valence-corrected chi connectivity index (χ1v) is 16.7. The molecule has 1 atom stereocenters. The van der Waals surface area contributed by atoms with E-state index in [1.165, 1.54) is 109 Å². The van der Waals surface area contributed by atoms with Gasteiger partial charge in [-0.05, 0) is 38.5 Å². The van der Waals surface area contributed by atoms with Crippen LogP contribution in [0.4, 0.5) is 0 Å². The van der Waals surface area contributed by atoms with Gasteiger partial charge >= 0.3 is 11.9 Å². The molecule has 0 aromatic rings. The molecule has 5 nitrogen and oxygen atoms in total. The zero-order valence-corrected chi connectivity index (χ0v) is 25.9. The maximum absolute atomic E-state index is 12.1. The fraction of sp³-hybridized carbons (Fsp3) is 0.882. The molecule has 5 heteroatoms. The van der Waals surface area contributed by atoms with Gasteiger partial charge in [0, 0.05) is 12.8 Å². The maximum atomic E-state index is 12.1. The number of carbonyl (C=O) groups excluding carboxylic acids is 2. The van der Waals surface area contributed by atoms with Gasteiger partial charge in [-0.15, -0.1) is 0 Å². The molecular formula is C34H64O5. The molecule has 0 saturated heterocycles. The molecule has 39 heavy (non-hydrogen) atoms. The second kappa shape index (κ2) is 31.2. The molecule has 0 aliphatic rings. The molecule has 0 saturated carbocycles. The minimum absolute atomic E-state index is 0.0632. The van der Waals surface area contributed by atoms with E-state index in [0.29, 0.717) is 12.8 Å². The van der Waals surface area contributed by atoms with Gasteiger partial charge in [0.1, 0.15) is 6.61 Å². The Hall–Kier alpha value is -1.36. The first kappa shape index (κ1) is 37.6. The van der Waals surface area contributed by atoms with Crippen LogP contribution in [-0.4, -0.2) is 36.4 Å². The summed E-state index contributed by atoms with van der Waals surface area (Å²) < 4.78 is 10.5. The highest BCUT2D eigenvalue weighted by atomic mass is 16.6. The van der Waals surface area contributed by atoms with Crippen LogP contribution in [0, 0.1) is 0 Å². The van der Waals surface area contributed by atoms with Crippen molar-refractivity contribution < 1.29 is 24.2 Å². The number of hydrogen-bond donors (Lipinski definition) is 1. The second-order valence-electron chi connectivity index (χ2n) is 11.2. The van der Waals surface area contributed by atoms with E-state index in [-0.39, 0.29) is 25.2 Å². The molecule has 0 aliphatic heterocycles. The fourth-order valence-corrected chi connectivity index (χ4v) is 4.72. The van der Waals surface area contributed by atoms with Crippen LogP contribution in [0.25, 0.3) is 0 Å². The normalized spacial score (nSPS) is 12.2. The average molecular weight is 553 g/mol. The highest BCUT2D eigenvalue weighted by Crippen LogP contribution is 2.13. The van der Waals surface area contributed by atoms with Crippen LogP contribution in [-0.2, 0) is 19.1 Å². The number of hydrogen-bond acceptors (Lipinski definition) is 5. The third-order valence-corrected chi connectivity index (χ3v) is 7.31. The average Bonchev–Trinajstić information content (AvgIpc) is 2.94. The van der Waals surface area contributed by atoms with Gasteiger partial charge in [0.2, 0.25) is 0 Å². The van der Waals surface area contributed by atoms with Gasteiger partial charge in [-0.1, -0.05) is 135 Å². The summed E-state index contributed by atoms with van der Waals surface area (Å²) in [5, 5.41) is 9.47. The zero-order chi connectivity index (χ0) is 28.7. The molecule has 0 fully saturated rings. The van der Waals surface area contributed by atoms with E-state index >= 15 is 0 Å². The van der Waals surface area contributed by atoms with Gasteiger partial charge in [0.25, 0.3) is 0 Å². The molecule has 230 valence electrons. The Balaban J connectivity index is 3.54. The number of unbranched alkanes of at least 4 members (excludes halogenated alkanes) is 20. The van der Waals surface area contributed by atoms with Gasteiger partial charge in [-0.25, -0.2) is 0 Å². The van der Waals surface area contributed by atoms with Crippen LogP contribution in [0.3, 0.4) is 0 Å². The van der Waals surface area contributed by atoms with E-state index in [2.05, 4.69) is 26.0 Å². The fourth-order valence-electron chi connectivity index (χ4n) is 4.72. The molecule has 0 amide bonds. The van der Waals surface area contributed by atoms with E-state index in [9.17, 15) is 14.7 Å². The van der Waals surface area contributed by atoms with Crippen molar-refractivity contribution in [2.24, 2.45) is 0 Å². The third-order valence-electron chi connectivity index (χ3n) is 7.31. The van der Waals surface area contributed by atoms with Crippen molar-refractivity contribution in [3.8, 4) is 0 Å². The molecule has 1 N–H and O–H groups in total. The Labute approximate surface area is 241 Å². The summed E-state index contributed by atoms with van der Waals surface area (Å²) in [6.07, 6.45) is 32.7. The topological polar surface area (TPSA) is 72.8 Å². The molecule has 0 unspecified atom stereocenters. The number of aliphatic hydroxyl groups excluding tert-OH is 1. The highest BCUT2D eigenvalue weighted by Gasteiger charge is 2.16. The van der Waals surface area contributed by atoms with Gasteiger partial charge in [-0.3, -0.25) is 9.59 Å². The monoisotopic (exact) mass is 552 g/mol. The zero-order valence-electron chi connectivity index (χ0n) is 25.9. The Morgan fingerprint density at radius 2 is 0.949 bits per heavy atom. The smallest absolute Gasteiger partial charge is 0.306 e. The molecule has 0 spiro atoms. The van der Waals surface area contributed by atoms with Crippen molar-refractivity contribution in [3.05, 3.63) is 12.2 Å². The van der Waals surface area contributed by atoms with Crippen LogP contribution in [0.1, 0.15) is 174 Å². The highest BCUT2D eigenvalue weighted by molar-refractivity contribution is 5.70. The van der Waals surface area contributed by atoms with Gasteiger partial charge in [0.15, 0.2) is 6.10 Å². The van der Waals surface area contributed by atoms with Crippen molar-refractivity contribution in [2.75, 3.05) is 13.2 Å². The summed E-state index contributed by atoms with van der Waals surface area (Å²) in [7, 11) is 0. The van der Waals surface area contributed by atoms with Crippen LogP contribution in [0.2, 0.25) is 0 Å². The molecule has 0 aromatic carbocycles. The molecule has 0 rings (SSSR count). The first-order chi connectivity index (χ1) is 19.1. The van der Waals surface area contributed by atoms with Crippen LogP contribution in [0.15, 0.2) is 12.2 Å². The second-order valence-corrected chi connectivity index (χ2v) is 11.2. The lowest BCUT2D eigenvalue weighted by molar-refractivity contribution is -0.161. The van der Waals surface area contributed by atoms with E-state index in [0.717, 1.165) is 38.5 Å². The van der Waals surface area contributed by atoms with Crippen LogP contribution >= 0.6 is 0 Å². The largest absolute Gasteiger partial charge is 0.462 e.